The lowest BCUT2D eigenvalue weighted by atomic mass is 10.1. The summed E-state index contributed by atoms with van der Waals surface area (Å²) in [6.45, 7) is 8.40. The Morgan fingerprint density at radius 1 is 1.03 bits per heavy atom. The Bertz CT molecular complexity index is 773. The van der Waals surface area contributed by atoms with Gasteiger partial charge in [-0.05, 0) is 30.2 Å². The number of aliphatic imine (C=N–C) groups is 1. The van der Waals surface area contributed by atoms with Gasteiger partial charge in [-0.2, -0.15) is 0 Å². The number of aryl methyl sites for hydroxylation is 1. The minimum Gasteiger partial charge on any atom is -0.379 e. The van der Waals surface area contributed by atoms with E-state index in [1.165, 1.54) is 21.6 Å². The molecule has 0 unspecified atom stereocenters. The van der Waals surface area contributed by atoms with Crippen molar-refractivity contribution in [2.75, 3.05) is 45.6 Å². The molecule has 29 heavy (non-hydrogen) atoms. The molecule has 2 aromatic rings. The van der Waals surface area contributed by atoms with Crippen molar-refractivity contribution in [1.82, 2.24) is 15.5 Å². The fraction of sp³-hybridized carbons (Fsp3) is 0.435. The van der Waals surface area contributed by atoms with Crippen molar-refractivity contribution in [2.24, 2.45) is 4.99 Å². The second-order valence-corrected chi connectivity index (χ2v) is 8.34. The SMILES string of the molecule is CN=C(NCCSc1ccc(C)cc1)NCc1ccccc1CN1CCOCC1. The molecule has 0 spiro atoms. The highest BCUT2D eigenvalue weighted by molar-refractivity contribution is 7.99. The van der Waals surface area contributed by atoms with Gasteiger partial charge in [0.2, 0.25) is 0 Å². The number of ether oxygens (including phenoxy) is 1. The Hall–Kier alpha value is -2.02. The van der Waals surface area contributed by atoms with E-state index in [2.05, 4.69) is 76.0 Å². The van der Waals surface area contributed by atoms with Gasteiger partial charge in [0.15, 0.2) is 5.96 Å². The van der Waals surface area contributed by atoms with E-state index < -0.39 is 0 Å². The van der Waals surface area contributed by atoms with Gasteiger partial charge in [0.25, 0.3) is 0 Å². The van der Waals surface area contributed by atoms with Crippen molar-refractivity contribution < 1.29 is 4.74 Å². The fourth-order valence-corrected chi connectivity index (χ4v) is 4.03. The molecule has 2 N–H and O–H groups in total. The summed E-state index contributed by atoms with van der Waals surface area (Å²) in [4.78, 5) is 8.12. The molecule has 5 nitrogen and oxygen atoms in total. The van der Waals surface area contributed by atoms with Gasteiger partial charge in [-0.25, -0.2) is 0 Å². The molecule has 0 atom stereocenters. The van der Waals surface area contributed by atoms with Crippen LogP contribution in [0.4, 0.5) is 0 Å². The van der Waals surface area contributed by atoms with Crippen LogP contribution in [-0.4, -0.2) is 56.5 Å². The first-order chi connectivity index (χ1) is 14.2. The van der Waals surface area contributed by atoms with E-state index in [1.54, 1.807) is 0 Å². The van der Waals surface area contributed by atoms with Crippen LogP contribution in [0.25, 0.3) is 0 Å². The van der Waals surface area contributed by atoms with Gasteiger partial charge in [-0.15, -0.1) is 11.8 Å². The van der Waals surface area contributed by atoms with Crippen LogP contribution in [0.2, 0.25) is 0 Å². The fourth-order valence-electron chi connectivity index (χ4n) is 3.26. The Kier molecular flexibility index (Phi) is 8.86. The summed E-state index contributed by atoms with van der Waals surface area (Å²) in [6, 6.07) is 17.3. The maximum absolute atomic E-state index is 5.46. The van der Waals surface area contributed by atoms with E-state index in [0.29, 0.717) is 0 Å². The van der Waals surface area contributed by atoms with E-state index >= 15 is 0 Å². The Morgan fingerprint density at radius 2 is 1.76 bits per heavy atom. The van der Waals surface area contributed by atoms with Crippen LogP contribution in [0.5, 0.6) is 0 Å². The lowest BCUT2D eigenvalue weighted by Gasteiger charge is -2.27. The van der Waals surface area contributed by atoms with Crippen molar-refractivity contribution in [3.05, 3.63) is 65.2 Å². The van der Waals surface area contributed by atoms with Crippen LogP contribution in [0.15, 0.2) is 58.4 Å². The summed E-state index contributed by atoms with van der Waals surface area (Å²) in [5.74, 6) is 1.84. The molecule has 1 fully saturated rings. The minimum absolute atomic E-state index is 0.769. The monoisotopic (exact) mass is 412 g/mol. The second-order valence-electron chi connectivity index (χ2n) is 7.17. The number of thioether (sulfide) groups is 1. The average molecular weight is 413 g/mol. The van der Waals surface area contributed by atoms with Crippen LogP contribution in [0, 0.1) is 6.92 Å². The quantitative estimate of drug-likeness (QED) is 0.302. The summed E-state index contributed by atoms with van der Waals surface area (Å²) in [5.41, 5.74) is 3.98. The summed E-state index contributed by atoms with van der Waals surface area (Å²) in [6.07, 6.45) is 0. The summed E-state index contributed by atoms with van der Waals surface area (Å²) in [5, 5.41) is 6.87. The third-order valence-corrected chi connectivity index (χ3v) is 5.98. The molecule has 1 aliphatic rings. The summed E-state index contributed by atoms with van der Waals surface area (Å²) in [7, 11) is 1.82. The molecule has 6 heteroatoms. The first-order valence-corrected chi connectivity index (χ1v) is 11.2. The lowest BCUT2D eigenvalue weighted by Crippen LogP contribution is -2.38. The Labute approximate surface area is 178 Å². The highest BCUT2D eigenvalue weighted by Gasteiger charge is 2.12. The van der Waals surface area contributed by atoms with Gasteiger partial charge in [0.05, 0.1) is 13.2 Å². The molecule has 3 rings (SSSR count). The van der Waals surface area contributed by atoms with Gasteiger partial charge >= 0.3 is 0 Å². The zero-order chi connectivity index (χ0) is 20.3. The zero-order valence-electron chi connectivity index (χ0n) is 17.5. The van der Waals surface area contributed by atoms with E-state index in [0.717, 1.165) is 57.6 Å². The largest absolute Gasteiger partial charge is 0.379 e. The molecule has 0 amide bonds. The van der Waals surface area contributed by atoms with Gasteiger partial charge in [-0.1, -0.05) is 42.0 Å². The molecule has 2 aromatic carbocycles. The average Bonchev–Trinajstić information content (AvgIpc) is 2.76. The third-order valence-electron chi connectivity index (χ3n) is 4.97. The Balaban J connectivity index is 1.43. The predicted octanol–water partition coefficient (Wildman–Crippen LogP) is 3.28. The number of hydrogen-bond donors (Lipinski definition) is 2. The molecule has 0 radical (unpaired) electrons. The van der Waals surface area contributed by atoms with Crippen LogP contribution >= 0.6 is 11.8 Å². The number of hydrogen-bond acceptors (Lipinski definition) is 4. The topological polar surface area (TPSA) is 48.9 Å². The predicted molar refractivity (Wildman–Crippen MR) is 123 cm³/mol. The minimum atomic E-state index is 0.769. The van der Waals surface area contributed by atoms with Crippen LogP contribution < -0.4 is 10.6 Å². The lowest BCUT2D eigenvalue weighted by molar-refractivity contribution is 0.0341. The number of nitrogens with zero attached hydrogens (tertiary/aromatic N) is 2. The third kappa shape index (κ3) is 7.38. The van der Waals surface area contributed by atoms with Crippen LogP contribution in [-0.2, 0) is 17.8 Å². The molecule has 0 saturated carbocycles. The summed E-state index contributed by atoms with van der Waals surface area (Å²) < 4.78 is 5.46. The van der Waals surface area contributed by atoms with Gasteiger partial charge in [-0.3, -0.25) is 9.89 Å². The van der Waals surface area contributed by atoms with Crippen molar-refractivity contribution >= 4 is 17.7 Å². The molecular formula is C23H32N4OS. The van der Waals surface area contributed by atoms with Gasteiger partial charge < -0.3 is 15.4 Å². The molecule has 1 aliphatic heterocycles. The highest BCUT2D eigenvalue weighted by Crippen LogP contribution is 2.17. The number of guanidine groups is 1. The van der Waals surface area contributed by atoms with Crippen LogP contribution in [0.3, 0.4) is 0 Å². The van der Waals surface area contributed by atoms with Crippen LogP contribution in [0.1, 0.15) is 16.7 Å². The molecular weight excluding hydrogens is 380 g/mol. The summed E-state index contributed by atoms with van der Waals surface area (Å²) >= 11 is 1.86. The highest BCUT2D eigenvalue weighted by atomic mass is 32.2. The second kappa shape index (κ2) is 11.9. The van der Waals surface area contributed by atoms with Crippen molar-refractivity contribution in [3.63, 3.8) is 0 Å². The molecule has 1 heterocycles. The molecule has 156 valence electrons. The maximum atomic E-state index is 5.46. The molecule has 0 aromatic heterocycles. The number of nitrogens with one attached hydrogen (secondary N) is 2. The first kappa shape index (κ1) is 21.7. The zero-order valence-corrected chi connectivity index (χ0v) is 18.3. The maximum Gasteiger partial charge on any atom is 0.191 e. The number of benzene rings is 2. The van der Waals surface area contributed by atoms with Gasteiger partial charge in [0.1, 0.15) is 0 Å². The normalized spacial score (nSPS) is 15.3. The van der Waals surface area contributed by atoms with E-state index in [-0.39, 0.29) is 0 Å². The molecule has 1 saturated heterocycles. The van der Waals surface area contributed by atoms with Crippen molar-refractivity contribution in [3.8, 4) is 0 Å². The van der Waals surface area contributed by atoms with Crippen molar-refractivity contribution in [1.29, 1.82) is 0 Å². The number of rotatable bonds is 8. The van der Waals surface area contributed by atoms with E-state index in [4.69, 9.17) is 4.74 Å². The molecule has 0 aliphatic carbocycles. The first-order valence-electron chi connectivity index (χ1n) is 10.3. The Morgan fingerprint density at radius 3 is 2.48 bits per heavy atom. The van der Waals surface area contributed by atoms with Gasteiger partial charge in [0, 0.05) is 50.4 Å². The van der Waals surface area contributed by atoms with E-state index in [9.17, 15) is 0 Å². The smallest absolute Gasteiger partial charge is 0.191 e. The van der Waals surface area contributed by atoms with E-state index in [1.807, 2.05) is 18.8 Å². The molecule has 0 bridgehead atoms. The van der Waals surface area contributed by atoms with Crippen molar-refractivity contribution in [2.45, 2.75) is 24.9 Å². The standard InChI is InChI=1S/C23H32N4OS/c1-19-7-9-22(10-8-19)29-16-11-25-23(24-2)26-17-20-5-3-4-6-21(20)18-27-12-14-28-15-13-27/h3-10H,11-18H2,1-2H3,(H2,24,25,26). The number of morpholine rings is 1.